The zero-order valence-electron chi connectivity index (χ0n) is 22.0. The number of hydrogen-bond acceptors (Lipinski definition) is 6. The second kappa shape index (κ2) is 12.5. The Morgan fingerprint density at radius 2 is 1.85 bits per heavy atom. The molecular weight excluding hydrogens is 528 g/mol. The number of carboxylic acids is 1. The summed E-state index contributed by atoms with van der Waals surface area (Å²) in [5, 5.41) is 10.5. The summed E-state index contributed by atoms with van der Waals surface area (Å²) in [4.78, 5) is 46.4. The van der Waals surface area contributed by atoms with Crippen molar-refractivity contribution >= 4 is 40.7 Å². The van der Waals surface area contributed by atoms with Crippen molar-refractivity contribution in [3.8, 4) is 23.1 Å². The Bertz CT molecular complexity index is 1640. The van der Waals surface area contributed by atoms with Gasteiger partial charge in [-0.3, -0.25) is 14.6 Å². The molecule has 1 unspecified atom stereocenters. The third kappa shape index (κ3) is 6.34. The van der Waals surface area contributed by atoms with Crippen molar-refractivity contribution in [1.82, 2.24) is 14.9 Å². The summed E-state index contributed by atoms with van der Waals surface area (Å²) in [6.45, 7) is 3.83. The first-order valence-electron chi connectivity index (χ1n) is 12.6. The quantitative estimate of drug-likeness (QED) is 0.239. The van der Waals surface area contributed by atoms with Gasteiger partial charge >= 0.3 is 5.97 Å². The molecule has 2 aromatic heterocycles. The number of hydrogen-bond donors (Lipinski definition) is 2. The highest BCUT2D eigenvalue weighted by Gasteiger charge is 2.30. The number of aldehydes is 1. The number of amides is 1. The van der Waals surface area contributed by atoms with Crippen molar-refractivity contribution in [3.63, 3.8) is 0 Å². The Kier molecular flexibility index (Phi) is 8.90. The topological polar surface area (TPSA) is 126 Å². The lowest BCUT2D eigenvalue weighted by atomic mass is 10.0. The summed E-state index contributed by atoms with van der Waals surface area (Å²) >= 11 is 6.45. The van der Waals surface area contributed by atoms with Gasteiger partial charge in [0.05, 0.1) is 16.2 Å². The number of nitrogens with two attached hydrogens (primary N) is 1. The first kappa shape index (κ1) is 28.4. The van der Waals surface area contributed by atoms with Crippen LogP contribution in [0.4, 0.5) is 0 Å². The van der Waals surface area contributed by atoms with Crippen molar-refractivity contribution < 1.29 is 19.5 Å². The van der Waals surface area contributed by atoms with E-state index >= 15 is 0 Å². The van der Waals surface area contributed by atoms with Gasteiger partial charge in [-0.2, -0.15) is 0 Å². The molecule has 0 aliphatic carbocycles. The SMILES string of the molecule is CC(C)CN(C(=O)c1ccc(C#Cc2ccc(-c3cc(C=O)c4cnccc4n3)cc2)c(Cl)c1)C(CN)C(=O)O. The van der Waals surface area contributed by atoms with E-state index in [0.29, 0.717) is 27.7 Å². The fraction of sp³-hybridized carbons (Fsp3) is 0.194. The molecule has 0 aliphatic rings. The van der Waals surface area contributed by atoms with Crippen LogP contribution in [0.2, 0.25) is 5.02 Å². The number of benzene rings is 2. The zero-order chi connectivity index (χ0) is 28.8. The molecule has 8 nitrogen and oxygen atoms in total. The summed E-state index contributed by atoms with van der Waals surface area (Å²) in [5.41, 5.74) is 9.86. The van der Waals surface area contributed by atoms with Crippen molar-refractivity contribution in [2.45, 2.75) is 19.9 Å². The first-order chi connectivity index (χ1) is 19.2. The molecule has 2 heterocycles. The molecule has 3 N–H and O–H groups in total. The Hall–Kier alpha value is -4.58. The lowest BCUT2D eigenvalue weighted by Gasteiger charge is -2.30. The van der Waals surface area contributed by atoms with E-state index in [-0.39, 0.29) is 29.6 Å². The van der Waals surface area contributed by atoms with Crippen LogP contribution < -0.4 is 5.73 Å². The minimum atomic E-state index is -1.16. The standard InChI is InChI=1S/C31H27ClN4O4/c1-19(2)17-36(29(15-33)31(39)40)30(38)23-10-9-21(26(32)13-23)6-3-20-4-7-22(8-5-20)28-14-24(18-37)25-16-34-12-11-27(25)35-28/h4-5,7-14,16,18-19,29H,15,17,33H2,1-2H3,(H,39,40). The molecule has 9 heteroatoms. The van der Waals surface area contributed by atoms with Gasteiger partial charge in [-0.1, -0.05) is 49.4 Å². The molecular formula is C31H27ClN4O4. The van der Waals surface area contributed by atoms with Crippen LogP contribution in [0.1, 0.15) is 45.7 Å². The van der Waals surface area contributed by atoms with Gasteiger partial charge in [-0.25, -0.2) is 9.78 Å². The van der Waals surface area contributed by atoms with Gasteiger partial charge in [-0.05, 0) is 48.4 Å². The third-order valence-corrected chi connectivity index (χ3v) is 6.53. The monoisotopic (exact) mass is 554 g/mol. The number of aromatic nitrogens is 2. The summed E-state index contributed by atoms with van der Waals surface area (Å²) < 4.78 is 0. The lowest BCUT2D eigenvalue weighted by molar-refractivity contribution is -0.142. The van der Waals surface area contributed by atoms with Crippen LogP contribution in [0, 0.1) is 17.8 Å². The Balaban J connectivity index is 1.55. The highest BCUT2D eigenvalue weighted by atomic mass is 35.5. The van der Waals surface area contributed by atoms with Crippen molar-refractivity contribution in [3.05, 3.63) is 94.3 Å². The van der Waals surface area contributed by atoms with Crippen LogP contribution in [0.5, 0.6) is 0 Å². The van der Waals surface area contributed by atoms with E-state index in [2.05, 4.69) is 21.8 Å². The van der Waals surface area contributed by atoms with Crippen LogP contribution in [-0.2, 0) is 4.79 Å². The van der Waals surface area contributed by atoms with Crippen LogP contribution in [0.25, 0.3) is 22.2 Å². The number of carbonyl (C=O) groups is 3. The normalized spacial score (nSPS) is 11.5. The Morgan fingerprint density at radius 1 is 1.10 bits per heavy atom. The number of pyridine rings is 2. The fourth-order valence-electron chi connectivity index (χ4n) is 4.23. The average molecular weight is 555 g/mol. The summed E-state index contributed by atoms with van der Waals surface area (Å²) in [6.07, 6.45) is 4.05. The number of carbonyl (C=O) groups excluding carboxylic acids is 2. The molecule has 40 heavy (non-hydrogen) atoms. The second-order valence-corrected chi connectivity index (χ2v) is 9.98. The largest absolute Gasteiger partial charge is 0.480 e. The third-order valence-electron chi connectivity index (χ3n) is 6.21. The summed E-state index contributed by atoms with van der Waals surface area (Å²) in [6, 6.07) is 14.5. The van der Waals surface area contributed by atoms with Gasteiger partial charge in [0, 0.05) is 58.7 Å². The Morgan fingerprint density at radius 3 is 2.48 bits per heavy atom. The number of halogens is 1. The maximum Gasteiger partial charge on any atom is 0.327 e. The first-order valence-corrected chi connectivity index (χ1v) is 13.0. The van der Waals surface area contributed by atoms with E-state index in [1.165, 1.54) is 11.0 Å². The predicted molar refractivity (Wildman–Crippen MR) is 154 cm³/mol. The van der Waals surface area contributed by atoms with Gasteiger partial charge < -0.3 is 15.7 Å². The lowest BCUT2D eigenvalue weighted by Crippen LogP contribution is -2.50. The number of rotatable bonds is 8. The fourth-order valence-corrected chi connectivity index (χ4v) is 4.45. The van der Waals surface area contributed by atoms with Gasteiger partial charge in [-0.15, -0.1) is 0 Å². The van der Waals surface area contributed by atoms with Gasteiger partial charge in [0.15, 0.2) is 6.29 Å². The number of carboxylic acid groups (broad SMARTS) is 1. The molecule has 2 aromatic carbocycles. The van der Waals surface area contributed by atoms with Crippen molar-refractivity contribution in [1.29, 1.82) is 0 Å². The number of nitrogens with zero attached hydrogens (tertiary/aromatic N) is 3. The van der Waals surface area contributed by atoms with E-state index in [4.69, 9.17) is 17.3 Å². The maximum absolute atomic E-state index is 13.2. The summed E-state index contributed by atoms with van der Waals surface area (Å²) in [5.74, 6) is 4.51. The molecule has 0 saturated heterocycles. The molecule has 0 bridgehead atoms. The molecule has 202 valence electrons. The molecule has 4 rings (SSSR count). The number of aliphatic carboxylic acids is 1. The molecule has 0 spiro atoms. The molecule has 0 radical (unpaired) electrons. The molecule has 1 atom stereocenters. The zero-order valence-corrected chi connectivity index (χ0v) is 22.7. The van der Waals surface area contributed by atoms with E-state index in [1.54, 1.807) is 36.7 Å². The van der Waals surface area contributed by atoms with Crippen molar-refractivity contribution in [2.75, 3.05) is 13.1 Å². The minimum absolute atomic E-state index is 0.0470. The van der Waals surface area contributed by atoms with E-state index < -0.39 is 17.9 Å². The number of fused-ring (bicyclic) bond motifs is 1. The minimum Gasteiger partial charge on any atom is -0.480 e. The van der Waals surface area contributed by atoms with E-state index in [0.717, 1.165) is 17.4 Å². The molecule has 0 fully saturated rings. The van der Waals surface area contributed by atoms with E-state index in [9.17, 15) is 19.5 Å². The predicted octanol–water partition coefficient (Wildman–Crippen LogP) is 4.67. The van der Waals surface area contributed by atoms with Gasteiger partial charge in [0.2, 0.25) is 0 Å². The molecule has 0 saturated carbocycles. The summed E-state index contributed by atoms with van der Waals surface area (Å²) in [7, 11) is 0. The van der Waals surface area contributed by atoms with Crippen LogP contribution in [0.15, 0.2) is 67.0 Å². The maximum atomic E-state index is 13.2. The van der Waals surface area contributed by atoms with E-state index in [1.807, 2.05) is 38.1 Å². The molecule has 0 aliphatic heterocycles. The molecule has 1 amide bonds. The van der Waals surface area contributed by atoms with Crippen LogP contribution >= 0.6 is 11.6 Å². The van der Waals surface area contributed by atoms with Crippen molar-refractivity contribution in [2.24, 2.45) is 11.7 Å². The van der Waals surface area contributed by atoms with Gasteiger partial charge in [0.1, 0.15) is 6.04 Å². The highest BCUT2D eigenvalue weighted by molar-refractivity contribution is 6.32. The molecule has 4 aromatic rings. The smallest absolute Gasteiger partial charge is 0.327 e. The second-order valence-electron chi connectivity index (χ2n) is 9.57. The Labute approximate surface area is 236 Å². The average Bonchev–Trinajstić information content (AvgIpc) is 2.95. The highest BCUT2D eigenvalue weighted by Crippen LogP contribution is 2.24. The van der Waals surface area contributed by atoms with Crippen LogP contribution in [0.3, 0.4) is 0 Å². The van der Waals surface area contributed by atoms with Crippen LogP contribution in [-0.4, -0.2) is 57.3 Å². The van der Waals surface area contributed by atoms with Gasteiger partial charge in [0.25, 0.3) is 5.91 Å².